The van der Waals surface area contributed by atoms with Gasteiger partial charge in [0.2, 0.25) is 10.0 Å². The van der Waals surface area contributed by atoms with Crippen molar-refractivity contribution in [2.24, 2.45) is 0 Å². The molecule has 1 N–H and O–H groups in total. The second-order valence-corrected chi connectivity index (χ2v) is 6.23. The highest BCUT2D eigenvalue weighted by Crippen LogP contribution is 2.01. The molecule has 0 atom stereocenters. The van der Waals surface area contributed by atoms with Crippen LogP contribution < -0.4 is 4.72 Å². The number of unbranched alkanes of at least 4 members (excludes halogenated alkanes) is 3. The first kappa shape index (κ1) is 16.4. The van der Waals surface area contributed by atoms with E-state index in [1.54, 1.807) is 0 Å². The highest BCUT2D eigenvalue weighted by molar-refractivity contribution is 9.09. The SMILES string of the molecule is CCOCCS(=O)(=O)NCCCCCCBr. The van der Waals surface area contributed by atoms with E-state index >= 15 is 0 Å². The van der Waals surface area contributed by atoms with E-state index in [0.717, 1.165) is 31.0 Å². The van der Waals surface area contributed by atoms with Crippen LogP contribution in [-0.4, -0.2) is 39.3 Å². The predicted octanol–water partition coefficient (Wildman–Crippen LogP) is 1.90. The fraction of sp³-hybridized carbons (Fsp3) is 1.00. The smallest absolute Gasteiger partial charge is 0.213 e. The minimum absolute atomic E-state index is 0.0578. The first-order valence-electron chi connectivity index (χ1n) is 5.73. The maximum atomic E-state index is 11.4. The van der Waals surface area contributed by atoms with Crippen molar-refractivity contribution in [3.05, 3.63) is 0 Å². The third-order valence-corrected chi connectivity index (χ3v) is 3.99. The Kier molecular flexibility index (Phi) is 10.7. The number of alkyl halides is 1. The molecule has 0 saturated heterocycles. The Balaban J connectivity index is 3.43. The molecule has 0 aliphatic rings. The van der Waals surface area contributed by atoms with Crippen molar-refractivity contribution < 1.29 is 13.2 Å². The van der Waals surface area contributed by atoms with Gasteiger partial charge < -0.3 is 4.74 Å². The van der Waals surface area contributed by atoms with E-state index in [4.69, 9.17) is 4.74 Å². The van der Waals surface area contributed by atoms with Gasteiger partial charge in [0, 0.05) is 18.5 Å². The molecule has 0 fully saturated rings. The van der Waals surface area contributed by atoms with E-state index in [0.29, 0.717) is 13.2 Å². The molecule has 6 heteroatoms. The fourth-order valence-corrected chi connectivity index (χ4v) is 2.52. The van der Waals surface area contributed by atoms with Crippen LogP contribution in [0.15, 0.2) is 0 Å². The van der Waals surface area contributed by atoms with Gasteiger partial charge in [0.25, 0.3) is 0 Å². The molecule has 0 aromatic heterocycles. The number of hydrogen-bond donors (Lipinski definition) is 1. The zero-order chi connectivity index (χ0) is 12.3. The third-order valence-electron chi connectivity index (χ3n) is 2.08. The van der Waals surface area contributed by atoms with Gasteiger partial charge in [0.1, 0.15) is 0 Å². The average Bonchev–Trinajstić information content (AvgIpc) is 2.23. The molecule has 0 heterocycles. The van der Waals surface area contributed by atoms with Gasteiger partial charge in [-0.05, 0) is 19.8 Å². The molecular formula is C10H22BrNO3S. The molecule has 16 heavy (non-hydrogen) atoms. The average molecular weight is 316 g/mol. The number of nitrogens with one attached hydrogen (secondary N) is 1. The topological polar surface area (TPSA) is 55.4 Å². The van der Waals surface area contributed by atoms with Crippen LogP contribution in [0.1, 0.15) is 32.6 Å². The minimum atomic E-state index is -3.13. The molecule has 0 bridgehead atoms. The van der Waals surface area contributed by atoms with Crippen molar-refractivity contribution in [3.63, 3.8) is 0 Å². The molecule has 0 aromatic carbocycles. The van der Waals surface area contributed by atoms with Crippen molar-refractivity contribution in [3.8, 4) is 0 Å². The number of rotatable bonds is 11. The van der Waals surface area contributed by atoms with Gasteiger partial charge in [-0.15, -0.1) is 0 Å². The molecule has 0 rings (SSSR count). The Morgan fingerprint density at radius 3 is 2.50 bits per heavy atom. The van der Waals surface area contributed by atoms with Gasteiger partial charge in [0.05, 0.1) is 12.4 Å². The molecule has 0 spiro atoms. The van der Waals surface area contributed by atoms with Crippen molar-refractivity contribution in [1.82, 2.24) is 4.72 Å². The summed E-state index contributed by atoms with van der Waals surface area (Å²) in [5, 5.41) is 1.02. The largest absolute Gasteiger partial charge is 0.381 e. The number of sulfonamides is 1. The van der Waals surface area contributed by atoms with E-state index in [1.807, 2.05) is 6.92 Å². The van der Waals surface area contributed by atoms with Crippen molar-refractivity contribution in [2.45, 2.75) is 32.6 Å². The van der Waals surface area contributed by atoms with Crippen LogP contribution in [0.3, 0.4) is 0 Å². The lowest BCUT2D eigenvalue weighted by Gasteiger charge is -2.06. The standard InChI is InChI=1S/C10H22BrNO3S/c1-2-15-9-10-16(13,14)12-8-6-4-3-5-7-11/h12H,2-10H2,1H3. The first-order chi connectivity index (χ1) is 7.62. The van der Waals surface area contributed by atoms with Crippen molar-refractivity contribution >= 4 is 26.0 Å². The zero-order valence-corrected chi connectivity index (χ0v) is 12.3. The zero-order valence-electron chi connectivity index (χ0n) is 9.87. The highest BCUT2D eigenvalue weighted by atomic mass is 79.9. The lowest BCUT2D eigenvalue weighted by Crippen LogP contribution is -2.29. The monoisotopic (exact) mass is 315 g/mol. The van der Waals surface area contributed by atoms with Crippen LogP contribution in [0.4, 0.5) is 0 Å². The molecule has 0 aliphatic carbocycles. The summed E-state index contributed by atoms with van der Waals surface area (Å²) in [4.78, 5) is 0. The highest BCUT2D eigenvalue weighted by Gasteiger charge is 2.08. The lowest BCUT2D eigenvalue weighted by molar-refractivity contribution is 0.163. The van der Waals surface area contributed by atoms with Gasteiger partial charge in [-0.2, -0.15) is 0 Å². The first-order valence-corrected chi connectivity index (χ1v) is 8.51. The Morgan fingerprint density at radius 2 is 1.88 bits per heavy atom. The second-order valence-electron chi connectivity index (χ2n) is 3.51. The van der Waals surface area contributed by atoms with Crippen molar-refractivity contribution in [1.29, 1.82) is 0 Å². The van der Waals surface area contributed by atoms with Crippen LogP contribution in [0.5, 0.6) is 0 Å². The van der Waals surface area contributed by atoms with Gasteiger partial charge >= 0.3 is 0 Å². The molecule has 0 amide bonds. The Morgan fingerprint density at radius 1 is 1.19 bits per heavy atom. The van der Waals surface area contributed by atoms with Crippen LogP contribution in [0.2, 0.25) is 0 Å². The molecule has 0 radical (unpaired) electrons. The maximum absolute atomic E-state index is 11.4. The summed E-state index contributed by atoms with van der Waals surface area (Å²) < 4.78 is 30.4. The molecule has 0 saturated carbocycles. The van der Waals surface area contributed by atoms with E-state index in [9.17, 15) is 8.42 Å². The second kappa shape index (κ2) is 10.5. The molecular weight excluding hydrogens is 294 g/mol. The fourth-order valence-electron chi connectivity index (χ4n) is 1.19. The van der Waals surface area contributed by atoms with E-state index < -0.39 is 10.0 Å². The summed E-state index contributed by atoms with van der Waals surface area (Å²) in [5.74, 6) is 0.0578. The Bertz CT molecular complexity index is 244. The van der Waals surface area contributed by atoms with Crippen molar-refractivity contribution in [2.75, 3.05) is 30.8 Å². The summed E-state index contributed by atoms with van der Waals surface area (Å²) in [6.07, 6.45) is 4.27. The summed E-state index contributed by atoms with van der Waals surface area (Å²) >= 11 is 3.36. The number of ether oxygens (including phenoxy) is 1. The third kappa shape index (κ3) is 10.9. The van der Waals surface area contributed by atoms with E-state index in [2.05, 4.69) is 20.7 Å². The number of hydrogen-bond acceptors (Lipinski definition) is 3. The van der Waals surface area contributed by atoms with Gasteiger partial charge in [0.15, 0.2) is 0 Å². The number of halogens is 1. The summed E-state index contributed by atoms with van der Waals surface area (Å²) in [5.41, 5.74) is 0. The van der Waals surface area contributed by atoms with E-state index in [1.165, 1.54) is 0 Å². The lowest BCUT2D eigenvalue weighted by atomic mass is 10.2. The van der Waals surface area contributed by atoms with Crippen LogP contribution in [-0.2, 0) is 14.8 Å². The van der Waals surface area contributed by atoms with Gasteiger partial charge in [-0.3, -0.25) is 0 Å². The summed E-state index contributed by atoms with van der Waals surface area (Å²) in [6.45, 7) is 3.22. The normalized spacial score (nSPS) is 11.9. The molecule has 0 aromatic rings. The predicted molar refractivity (Wildman–Crippen MR) is 70.5 cm³/mol. The Hall–Kier alpha value is 0.350. The van der Waals surface area contributed by atoms with Gasteiger partial charge in [-0.25, -0.2) is 13.1 Å². The quantitative estimate of drug-likeness (QED) is 0.468. The maximum Gasteiger partial charge on any atom is 0.213 e. The molecule has 0 unspecified atom stereocenters. The molecule has 98 valence electrons. The summed E-state index contributed by atoms with van der Waals surface area (Å²) in [6, 6.07) is 0. The van der Waals surface area contributed by atoms with Crippen LogP contribution in [0, 0.1) is 0 Å². The van der Waals surface area contributed by atoms with Crippen LogP contribution in [0.25, 0.3) is 0 Å². The van der Waals surface area contributed by atoms with E-state index in [-0.39, 0.29) is 12.4 Å². The molecule has 4 nitrogen and oxygen atoms in total. The Labute approximate surface area is 107 Å². The minimum Gasteiger partial charge on any atom is -0.381 e. The molecule has 0 aliphatic heterocycles. The summed E-state index contributed by atoms with van der Waals surface area (Å²) in [7, 11) is -3.13. The van der Waals surface area contributed by atoms with Gasteiger partial charge in [-0.1, -0.05) is 28.8 Å². The van der Waals surface area contributed by atoms with Crippen LogP contribution >= 0.6 is 15.9 Å².